The molecule has 0 N–H and O–H groups in total. The molecule has 5 heteroatoms. The van der Waals surface area contributed by atoms with Gasteiger partial charge in [0.05, 0.1) is 11.6 Å². The summed E-state index contributed by atoms with van der Waals surface area (Å²) in [5.41, 5.74) is 0.129. The van der Waals surface area contributed by atoms with E-state index in [9.17, 15) is 4.79 Å². The number of guanidine groups is 1. The van der Waals surface area contributed by atoms with Crippen LogP contribution in [0.5, 0.6) is 0 Å². The predicted octanol–water partition coefficient (Wildman–Crippen LogP) is 3.74. The molecular weight excluding hydrogens is 336 g/mol. The number of likely N-dealkylation sites (tertiary alicyclic amines) is 1. The number of Topliss-reactive ketones (excluding diaryl/α,β-unsaturated/α-hetero) is 1. The van der Waals surface area contributed by atoms with Crippen LogP contribution in [0.3, 0.4) is 0 Å². The standard InChI is InChI=1S/C13H23NO.C9H21N3/c1-13(2,3)8-11(15)12-9-5-6-10(7-9)14(12)4;1-9(2,3)10-8(11(4)5)12(6)7/h9-10,12H,5-8H2,1-4H3;1-7H3. The molecule has 3 atom stereocenters. The molecule has 2 fully saturated rings. The van der Waals surface area contributed by atoms with Gasteiger partial charge in [0.15, 0.2) is 11.7 Å². The first kappa shape index (κ1) is 23.9. The fourth-order valence-electron chi connectivity index (χ4n) is 4.23. The molecule has 27 heavy (non-hydrogen) atoms. The van der Waals surface area contributed by atoms with Crippen molar-refractivity contribution in [1.29, 1.82) is 0 Å². The highest BCUT2D eigenvalue weighted by atomic mass is 16.1. The zero-order valence-corrected chi connectivity index (χ0v) is 19.8. The van der Waals surface area contributed by atoms with Crippen LogP contribution in [-0.2, 0) is 4.79 Å². The molecule has 158 valence electrons. The Kier molecular flexibility index (Phi) is 7.92. The van der Waals surface area contributed by atoms with Gasteiger partial charge >= 0.3 is 0 Å². The highest BCUT2D eigenvalue weighted by molar-refractivity contribution is 5.85. The van der Waals surface area contributed by atoms with E-state index < -0.39 is 0 Å². The van der Waals surface area contributed by atoms with Gasteiger partial charge in [-0.25, -0.2) is 4.99 Å². The number of hydrogen-bond acceptors (Lipinski definition) is 3. The maximum atomic E-state index is 12.2. The minimum atomic E-state index is -0.0100. The van der Waals surface area contributed by atoms with E-state index in [2.05, 4.69) is 58.5 Å². The number of nitrogens with zero attached hydrogens (tertiary/aromatic N) is 4. The van der Waals surface area contributed by atoms with Crippen molar-refractivity contribution in [3.05, 3.63) is 0 Å². The molecule has 1 heterocycles. The molecule has 1 aliphatic carbocycles. The SMILES string of the molecule is CN(C)C(=NC(C)(C)C)N(C)C.CN1C2CCC(C2)C1C(=O)CC(C)(C)C. The normalized spacial score (nSPS) is 24.9. The molecule has 0 amide bonds. The summed E-state index contributed by atoms with van der Waals surface area (Å²) < 4.78 is 0. The van der Waals surface area contributed by atoms with E-state index in [1.54, 1.807) is 0 Å². The quantitative estimate of drug-likeness (QED) is 0.540. The Bertz CT molecular complexity index is 513. The summed E-state index contributed by atoms with van der Waals surface area (Å²) in [6, 6.07) is 0.937. The molecule has 2 rings (SSSR count). The lowest BCUT2D eigenvalue weighted by atomic mass is 9.84. The second kappa shape index (κ2) is 8.93. The van der Waals surface area contributed by atoms with Gasteiger partial charge in [0.25, 0.3) is 0 Å². The van der Waals surface area contributed by atoms with Crippen LogP contribution in [0.4, 0.5) is 0 Å². The van der Waals surface area contributed by atoms with E-state index >= 15 is 0 Å². The predicted molar refractivity (Wildman–Crippen MR) is 116 cm³/mol. The summed E-state index contributed by atoms with van der Waals surface area (Å²) in [5.74, 6) is 2.13. The first-order chi connectivity index (χ1) is 12.1. The summed E-state index contributed by atoms with van der Waals surface area (Å²) in [4.78, 5) is 23.2. The van der Waals surface area contributed by atoms with Gasteiger partial charge in [-0.1, -0.05) is 20.8 Å². The number of ketones is 1. The molecule has 1 aliphatic heterocycles. The third-order valence-corrected chi connectivity index (χ3v) is 5.18. The van der Waals surface area contributed by atoms with Gasteiger partial charge in [-0.05, 0) is 58.4 Å². The lowest BCUT2D eigenvalue weighted by Crippen LogP contribution is -2.44. The van der Waals surface area contributed by atoms with E-state index in [-0.39, 0.29) is 17.0 Å². The van der Waals surface area contributed by atoms with Crippen molar-refractivity contribution >= 4 is 11.7 Å². The van der Waals surface area contributed by atoms with Gasteiger partial charge in [0.2, 0.25) is 0 Å². The maximum absolute atomic E-state index is 12.2. The molecule has 0 aromatic rings. The molecule has 0 aromatic carbocycles. The van der Waals surface area contributed by atoms with Crippen LogP contribution in [0.2, 0.25) is 0 Å². The Morgan fingerprint density at radius 2 is 1.52 bits per heavy atom. The van der Waals surface area contributed by atoms with Crippen molar-refractivity contribution in [2.75, 3.05) is 35.2 Å². The molecule has 0 spiro atoms. The number of carbonyl (C=O) groups excluding carboxylic acids is 1. The zero-order chi connectivity index (χ0) is 21.2. The van der Waals surface area contributed by atoms with Crippen LogP contribution < -0.4 is 0 Å². The Morgan fingerprint density at radius 3 is 1.81 bits per heavy atom. The van der Waals surface area contributed by atoms with Crippen molar-refractivity contribution in [2.45, 2.75) is 84.8 Å². The minimum Gasteiger partial charge on any atom is -0.349 e. The largest absolute Gasteiger partial charge is 0.349 e. The van der Waals surface area contributed by atoms with Gasteiger partial charge in [-0.2, -0.15) is 0 Å². The molecule has 1 saturated heterocycles. The second-order valence-electron chi connectivity index (χ2n) is 10.9. The molecule has 2 aliphatic rings. The van der Waals surface area contributed by atoms with Crippen LogP contribution in [0.1, 0.15) is 67.2 Å². The smallest absolute Gasteiger partial charge is 0.196 e. The average molecular weight is 381 g/mol. The second-order valence-corrected chi connectivity index (χ2v) is 10.9. The average Bonchev–Trinajstić information content (AvgIpc) is 3.02. The van der Waals surface area contributed by atoms with E-state index in [1.807, 2.05) is 38.0 Å². The van der Waals surface area contributed by atoms with Crippen molar-refractivity contribution in [2.24, 2.45) is 16.3 Å². The Labute approximate surface area is 168 Å². The topological polar surface area (TPSA) is 39.1 Å². The number of likely N-dealkylation sites (N-methyl/N-ethyl adjacent to an activating group) is 1. The molecule has 0 aromatic heterocycles. The first-order valence-corrected chi connectivity index (χ1v) is 10.3. The Hall–Kier alpha value is -1.10. The molecule has 0 radical (unpaired) electrons. The molecule has 3 unspecified atom stereocenters. The third-order valence-electron chi connectivity index (χ3n) is 5.18. The van der Waals surface area contributed by atoms with Crippen LogP contribution in [0.25, 0.3) is 0 Å². The van der Waals surface area contributed by atoms with Crippen molar-refractivity contribution in [3.8, 4) is 0 Å². The van der Waals surface area contributed by atoms with Crippen molar-refractivity contribution in [1.82, 2.24) is 14.7 Å². The molecular formula is C22H44N4O. The summed E-state index contributed by atoms with van der Waals surface area (Å²) in [6.45, 7) is 12.7. The number of fused-ring (bicyclic) bond motifs is 2. The van der Waals surface area contributed by atoms with Crippen LogP contribution in [0, 0.1) is 11.3 Å². The van der Waals surface area contributed by atoms with Crippen LogP contribution in [0.15, 0.2) is 4.99 Å². The molecule has 5 nitrogen and oxygen atoms in total. The summed E-state index contributed by atoms with van der Waals surface area (Å²) in [6.07, 6.45) is 4.57. The minimum absolute atomic E-state index is 0.0100. The summed E-state index contributed by atoms with van der Waals surface area (Å²) >= 11 is 0. The van der Waals surface area contributed by atoms with Gasteiger partial charge in [-0.3, -0.25) is 9.69 Å². The van der Waals surface area contributed by atoms with Crippen molar-refractivity contribution < 1.29 is 4.79 Å². The van der Waals surface area contributed by atoms with Crippen molar-refractivity contribution in [3.63, 3.8) is 0 Å². The van der Waals surface area contributed by atoms with Gasteiger partial charge in [-0.15, -0.1) is 0 Å². The van der Waals surface area contributed by atoms with Gasteiger partial charge in [0.1, 0.15) is 0 Å². The lowest BCUT2D eigenvalue weighted by molar-refractivity contribution is -0.127. The van der Waals surface area contributed by atoms with Gasteiger partial charge < -0.3 is 9.80 Å². The Balaban J connectivity index is 0.000000279. The Morgan fingerprint density at radius 1 is 1.00 bits per heavy atom. The first-order valence-electron chi connectivity index (χ1n) is 10.3. The zero-order valence-electron chi connectivity index (χ0n) is 19.8. The van der Waals surface area contributed by atoms with E-state index in [1.165, 1.54) is 19.3 Å². The summed E-state index contributed by atoms with van der Waals surface area (Å²) in [7, 11) is 10.2. The summed E-state index contributed by atoms with van der Waals surface area (Å²) in [5, 5.41) is 0. The number of rotatable bonds is 2. The number of hydrogen-bond donors (Lipinski definition) is 0. The number of carbonyl (C=O) groups is 1. The van der Waals surface area contributed by atoms with Crippen LogP contribution in [-0.4, -0.2) is 79.3 Å². The number of piperidine rings is 1. The highest BCUT2D eigenvalue weighted by Gasteiger charge is 2.47. The molecule has 1 saturated carbocycles. The van der Waals surface area contributed by atoms with E-state index in [0.29, 0.717) is 17.7 Å². The van der Waals surface area contributed by atoms with E-state index in [0.717, 1.165) is 12.4 Å². The van der Waals surface area contributed by atoms with E-state index in [4.69, 9.17) is 0 Å². The lowest BCUT2D eigenvalue weighted by Gasteiger charge is -2.32. The van der Waals surface area contributed by atoms with Gasteiger partial charge in [0, 0.05) is 40.7 Å². The maximum Gasteiger partial charge on any atom is 0.196 e. The molecule has 2 bridgehead atoms. The highest BCUT2D eigenvalue weighted by Crippen LogP contribution is 2.42. The fourth-order valence-corrected chi connectivity index (χ4v) is 4.23. The van der Waals surface area contributed by atoms with Crippen LogP contribution >= 0.6 is 0 Å². The fraction of sp³-hybridized carbons (Fsp3) is 0.909. The third kappa shape index (κ3) is 7.44. The monoisotopic (exact) mass is 380 g/mol. The number of aliphatic imine (C=N–C) groups is 1.